The van der Waals surface area contributed by atoms with E-state index < -0.39 is 35.8 Å². The van der Waals surface area contributed by atoms with Gasteiger partial charge in [-0.15, -0.1) is 0 Å². The Morgan fingerprint density at radius 1 is 0.850 bits per heavy atom. The van der Waals surface area contributed by atoms with Crippen LogP contribution in [0.25, 0.3) is 0 Å². The Labute approximate surface area is 237 Å². The molecule has 220 valence electrons. The molecule has 2 aromatic carbocycles. The van der Waals surface area contributed by atoms with Crippen LogP contribution in [0.15, 0.2) is 60.7 Å². The Hall–Kier alpha value is -3.43. The highest BCUT2D eigenvalue weighted by Crippen LogP contribution is 2.20. The summed E-state index contributed by atoms with van der Waals surface area (Å²) in [6.45, 7) is 8.81. The molecule has 4 atom stereocenters. The van der Waals surface area contributed by atoms with Crippen molar-refractivity contribution in [2.24, 2.45) is 11.8 Å². The van der Waals surface area contributed by atoms with Crippen LogP contribution < -0.4 is 16.0 Å². The monoisotopic (exact) mass is 555 g/mol. The second-order valence-electron chi connectivity index (χ2n) is 11.4. The highest BCUT2D eigenvalue weighted by molar-refractivity contribution is 5.88. The first-order valence-electron chi connectivity index (χ1n) is 13.8. The molecule has 2 rings (SSSR count). The van der Waals surface area contributed by atoms with Gasteiger partial charge in [0.15, 0.2) is 0 Å². The number of aliphatic hydroxyl groups is 2. The number of amides is 3. The Bertz CT molecular complexity index is 1060. The van der Waals surface area contributed by atoms with Gasteiger partial charge in [0.05, 0.1) is 18.8 Å². The molecule has 40 heavy (non-hydrogen) atoms. The van der Waals surface area contributed by atoms with Crippen LogP contribution in [0.4, 0.5) is 4.79 Å². The summed E-state index contributed by atoms with van der Waals surface area (Å²) in [5, 5.41) is 28.8. The average molecular weight is 556 g/mol. The van der Waals surface area contributed by atoms with Crippen LogP contribution in [0.5, 0.6) is 0 Å². The van der Waals surface area contributed by atoms with Crippen LogP contribution in [-0.4, -0.2) is 65.1 Å². The normalized spacial score (nSPS) is 14.5. The Balaban J connectivity index is 2.29. The van der Waals surface area contributed by atoms with Gasteiger partial charge in [-0.3, -0.25) is 9.59 Å². The van der Waals surface area contributed by atoms with Crippen molar-refractivity contribution in [3.8, 4) is 0 Å². The number of aliphatic hydroxyl groups excluding tert-OH is 2. The molecule has 0 saturated carbocycles. The highest BCUT2D eigenvalue weighted by atomic mass is 16.6. The predicted molar refractivity (Wildman–Crippen MR) is 154 cm³/mol. The average Bonchev–Trinajstić information content (AvgIpc) is 2.89. The number of rotatable bonds is 14. The summed E-state index contributed by atoms with van der Waals surface area (Å²) in [7, 11) is 0. The summed E-state index contributed by atoms with van der Waals surface area (Å²) in [5.41, 5.74) is 1.09. The largest absolute Gasteiger partial charge is 0.444 e. The Morgan fingerprint density at radius 2 is 1.40 bits per heavy atom. The lowest BCUT2D eigenvalue weighted by atomic mass is 9.88. The number of nitrogens with one attached hydrogen (secondary N) is 3. The van der Waals surface area contributed by atoms with Gasteiger partial charge in [-0.2, -0.15) is 0 Å². The molecule has 0 aliphatic carbocycles. The molecule has 0 unspecified atom stereocenters. The molecule has 0 spiro atoms. The van der Waals surface area contributed by atoms with Crippen LogP contribution in [0.1, 0.15) is 52.2 Å². The van der Waals surface area contributed by atoms with Gasteiger partial charge in [-0.05, 0) is 57.1 Å². The van der Waals surface area contributed by atoms with Gasteiger partial charge in [-0.1, -0.05) is 74.5 Å². The second-order valence-corrected chi connectivity index (χ2v) is 11.4. The zero-order valence-corrected chi connectivity index (χ0v) is 24.2. The molecule has 0 radical (unpaired) electrons. The molecule has 2 aromatic rings. The van der Waals surface area contributed by atoms with Crippen LogP contribution in [-0.2, 0) is 27.2 Å². The summed E-state index contributed by atoms with van der Waals surface area (Å²) in [6, 6.07) is 17.4. The van der Waals surface area contributed by atoms with E-state index in [9.17, 15) is 19.5 Å². The van der Waals surface area contributed by atoms with Gasteiger partial charge >= 0.3 is 6.09 Å². The fraction of sp³-hybridized carbons (Fsp3) is 0.516. The smallest absolute Gasteiger partial charge is 0.407 e. The maximum absolute atomic E-state index is 13.6. The van der Waals surface area contributed by atoms with Crippen LogP contribution in [0.3, 0.4) is 0 Å². The topological polar surface area (TPSA) is 137 Å². The lowest BCUT2D eigenvalue weighted by Gasteiger charge is -2.30. The molecule has 0 aromatic heterocycles. The molecule has 0 heterocycles. The number of benzene rings is 2. The summed E-state index contributed by atoms with van der Waals surface area (Å²) < 4.78 is 5.44. The van der Waals surface area contributed by atoms with Crippen molar-refractivity contribution in [3.63, 3.8) is 0 Å². The highest BCUT2D eigenvalue weighted by Gasteiger charge is 2.32. The fourth-order valence-corrected chi connectivity index (χ4v) is 4.34. The minimum atomic E-state index is -1.09. The van der Waals surface area contributed by atoms with Crippen LogP contribution in [0.2, 0.25) is 0 Å². The molecule has 0 aliphatic rings. The van der Waals surface area contributed by atoms with Crippen molar-refractivity contribution in [1.29, 1.82) is 0 Å². The third-order valence-electron chi connectivity index (χ3n) is 6.34. The van der Waals surface area contributed by atoms with Crippen molar-refractivity contribution in [1.82, 2.24) is 16.0 Å². The molecule has 9 nitrogen and oxygen atoms in total. The van der Waals surface area contributed by atoms with Crippen molar-refractivity contribution >= 4 is 17.9 Å². The first kappa shape index (κ1) is 32.8. The lowest BCUT2D eigenvalue weighted by molar-refractivity contribution is -0.132. The first-order chi connectivity index (χ1) is 18.9. The molecular formula is C31H45N3O6. The molecular weight excluding hydrogens is 510 g/mol. The van der Waals surface area contributed by atoms with E-state index in [1.54, 1.807) is 20.8 Å². The maximum atomic E-state index is 13.6. The van der Waals surface area contributed by atoms with E-state index in [0.717, 1.165) is 11.1 Å². The number of carbonyl (C=O) groups excluding carboxylic acids is 3. The lowest BCUT2D eigenvalue weighted by Crippen LogP contribution is -2.53. The Morgan fingerprint density at radius 3 is 1.90 bits per heavy atom. The summed E-state index contributed by atoms with van der Waals surface area (Å²) in [5.74, 6) is -1.66. The molecule has 0 aliphatic heterocycles. The SMILES string of the molecule is CC(C)[C@H](NC(=O)[C@H](Cc1ccccc1)C[C@H](O)[C@H](Cc1ccccc1)NC(=O)OC(C)(C)C)C(=O)NCCO. The zero-order chi connectivity index (χ0) is 29.7. The van der Waals surface area contributed by atoms with Gasteiger partial charge < -0.3 is 30.9 Å². The van der Waals surface area contributed by atoms with E-state index in [-0.39, 0.29) is 37.3 Å². The number of ether oxygens (including phenoxy) is 1. The van der Waals surface area contributed by atoms with Gasteiger partial charge in [0.1, 0.15) is 11.6 Å². The number of hydrogen-bond acceptors (Lipinski definition) is 6. The van der Waals surface area contributed by atoms with Gasteiger partial charge in [0, 0.05) is 12.5 Å². The van der Waals surface area contributed by atoms with E-state index in [0.29, 0.717) is 12.8 Å². The van der Waals surface area contributed by atoms with Crippen molar-refractivity contribution in [2.45, 2.75) is 77.7 Å². The quantitative estimate of drug-likeness (QED) is 0.243. The molecule has 9 heteroatoms. The number of carbonyl (C=O) groups is 3. The summed E-state index contributed by atoms with van der Waals surface area (Å²) >= 11 is 0. The number of hydrogen-bond donors (Lipinski definition) is 5. The van der Waals surface area contributed by atoms with E-state index >= 15 is 0 Å². The van der Waals surface area contributed by atoms with Crippen molar-refractivity contribution in [3.05, 3.63) is 71.8 Å². The van der Waals surface area contributed by atoms with Gasteiger partial charge in [0.25, 0.3) is 0 Å². The zero-order valence-electron chi connectivity index (χ0n) is 24.2. The van der Waals surface area contributed by atoms with Crippen LogP contribution >= 0.6 is 0 Å². The minimum Gasteiger partial charge on any atom is -0.444 e. The standard InChI is InChI=1S/C31H45N3O6/c1-21(2)27(29(38)32-16-17-35)34-28(37)24(18-22-12-8-6-9-13-22)20-26(36)25(19-23-14-10-7-11-15-23)33-30(39)40-31(3,4)5/h6-15,21,24-27,35-36H,16-20H2,1-5H3,(H,32,38)(H,33,39)(H,34,37)/t24-,25+,26+,27+/m1/s1. The molecule has 0 bridgehead atoms. The third kappa shape index (κ3) is 11.8. The fourth-order valence-electron chi connectivity index (χ4n) is 4.34. The molecule has 0 saturated heterocycles. The van der Waals surface area contributed by atoms with E-state index in [1.165, 1.54) is 0 Å². The van der Waals surface area contributed by atoms with Gasteiger partial charge in [-0.25, -0.2) is 4.79 Å². The second kappa shape index (κ2) is 16.0. The molecule has 0 fully saturated rings. The summed E-state index contributed by atoms with van der Waals surface area (Å²) in [6.07, 6.45) is -1.04. The third-order valence-corrected chi connectivity index (χ3v) is 6.34. The first-order valence-corrected chi connectivity index (χ1v) is 13.8. The van der Waals surface area contributed by atoms with E-state index in [1.807, 2.05) is 74.5 Å². The van der Waals surface area contributed by atoms with E-state index in [2.05, 4.69) is 16.0 Å². The minimum absolute atomic E-state index is 0.0388. The van der Waals surface area contributed by atoms with Gasteiger partial charge in [0.2, 0.25) is 11.8 Å². The predicted octanol–water partition coefficient (Wildman–Crippen LogP) is 2.98. The van der Waals surface area contributed by atoms with Crippen molar-refractivity contribution < 1.29 is 29.3 Å². The summed E-state index contributed by atoms with van der Waals surface area (Å²) in [4.78, 5) is 39.0. The molecule has 5 N–H and O–H groups in total. The maximum Gasteiger partial charge on any atom is 0.407 e. The van der Waals surface area contributed by atoms with E-state index in [4.69, 9.17) is 9.84 Å². The van der Waals surface area contributed by atoms with Crippen molar-refractivity contribution in [2.75, 3.05) is 13.2 Å². The van der Waals surface area contributed by atoms with Crippen LogP contribution in [0, 0.1) is 11.8 Å². The Kier molecular flexibility index (Phi) is 13.1. The molecule has 3 amide bonds. The number of alkyl carbamates (subject to hydrolysis) is 1.